The minimum atomic E-state index is -0.994. The molecule has 0 saturated heterocycles. The molecule has 0 spiro atoms. The normalized spacial score (nSPS) is 10.4. The molecule has 0 saturated carbocycles. The van der Waals surface area contributed by atoms with Crippen molar-refractivity contribution in [3.05, 3.63) is 34.6 Å². The number of nitrogens with zero attached hydrogens (tertiary/aromatic N) is 1. The summed E-state index contributed by atoms with van der Waals surface area (Å²) in [5.74, 6) is -0.139. The molecule has 6 nitrogen and oxygen atoms in total. The van der Waals surface area contributed by atoms with Gasteiger partial charge in [0, 0.05) is 24.4 Å². The number of carbonyl (C=O) groups is 1. The van der Waals surface area contributed by atoms with E-state index < -0.39 is 5.97 Å². The molecule has 0 unspecified atom stereocenters. The molecule has 6 heteroatoms. The van der Waals surface area contributed by atoms with Gasteiger partial charge in [-0.1, -0.05) is 0 Å². The zero-order chi connectivity index (χ0) is 14.0. The first-order chi connectivity index (χ1) is 9.06. The Hall–Kier alpha value is -2.50. The lowest BCUT2D eigenvalue weighted by atomic mass is 10.1. The third-order valence-electron chi connectivity index (χ3n) is 2.78. The molecule has 2 aromatic rings. The Bertz CT molecular complexity index is 689. The zero-order valence-corrected chi connectivity index (χ0v) is 10.5. The minimum absolute atomic E-state index is 0.226. The van der Waals surface area contributed by atoms with Gasteiger partial charge in [-0.2, -0.15) is 0 Å². The summed E-state index contributed by atoms with van der Waals surface area (Å²) >= 11 is 0. The van der Waals surface area contributed by atoms with Crippen LogP contribution in [0.25, 0.3) is 10.9 Å². The molecule has 0 fully saturated rings. The number of benzene rings is 1. The van der Waals surface area contributed by atoms with Crippen LogP contribution in [0.15, 0.2) is 29.2 Å². The monoisotopic (exact) mass is 263 g/mol. The number of ether oxygens (including phenoxy) is 2. The number of carboxylic acids is 1. The highest BCUT2D eigenvalue weighted by Crippen LogP contribution is 2.28. The number of carboxylic acid groups (broad SMARTS) is 1. The summed E-state index contributed by atoms with van der Waals surface area (Å²) in [6.07, 6.45) is 1.44. The van der Waals surface area contributed by atoms with Gasteiger partial charge in [-0.3, -0.25) is 9.59 Å². The van der Waals surface area contributed by atoms with Crippen molar-refractivity contribution < 1.29 is 19.4 Å². The molecule has 0 bridgehead atoms. The Morgan fingerprint density at radius 2 is 2.05 bits per heavy atom. The standard InChI is InChI=1S/C13H13NO5/c1-18-8-5-9-13(11(6-8)19-2)10(15)3-4-14(9)7-12(16)17/h3-6H,7H2,1-2H3,(H,16,17). The van der Waals surface area contributed by atoms with Crippen molar-refractivity contribution in [1.82, 2.24) is 4.57 Å². The summed E-state index contributed by atoms with van der Waals surface area (Å²) in [6, 6.07) is 4.53. The smallest absolute Gasteiger partial charge is 0.323 e. The summed E-state index contributed by atoms with van der Waals surface area (Å²) in [6.45, 7) is -0.243. The van der Waals surface area contributed by atoms with E-state index in [9.17, 15) is 9.59 Å². The molecule has 100 valence electrons. The van der Waals surface area contributed by atoms with Gasteiger partial charge in [0.05, 0.1) is 25.1 Å². The number of aliphatic carboxylic acids is 1. The Labute approximate surface area is 108 Å². The highest BCUT2D eigenvalue weighted by molar-refractivity contribution is 5.87. The lowest BCUT2D eigenvalue weighted by Crippen LogP contribution is -2.14. The lowest BCUT2D eigenvalue weighted by Gasteiger charge is -2.12. The first kappa shape index (κ1) is 12.9. The van der Waals surface area contributed by atoms with Crippen molar-refractivity contribution in [1.29, 1.82) is 0 Å². The van der Waals surface area contributed by atoms with E-state index in [4.69, 9.17) is 14.6 Å². The second-order valence-electron chi connectivity index (χ2n) is 3.93. The van der Waals surface area contributed by atoms with Crippen LogP contribution in [0, 0.1) is 0 Å². The van der Waals surface area contributed by atoms with Gasteiger partial charge in [0.15, 0.2) is 5.43 Å². The van der Waals surface area contributed by atoms with E-state index in [0.717, 1.165) is 0 Å². The highest BCUT2D eigenvalue weighted by atomic mass is 16.5. The van der Waals surface area contributed by atoms with Crippen LogP contribution in [0.3, 0.4) is 0 Å². The van der Waals surface area contributed by atoms with E-state index in [0.29, 0.717) is 22.4 Å². The van der Waals surface area contributed by atoms with E-state index in [1.54, 1.807) is 12.1 Å². The van der Waals surface area contributed by atoms with E-state index >= 15 is 0 Å². The number of fused-ring (bicyclic) bond motifs is 1. The van der Waals surface area contributed by atoms with Crippen molar-refractivity contribution in [3.63, 3.8) is 0 Å². The summed E-state index contributed by atoms with van der Waals surface area (Å²) in [5, 5.41) is 9.23. The third-order valence-corrected chi connectivity index (χ3v) is 2.78. The molecule has 0 aliphatic carbocycles. The fraction of sp³-hybridized carbons (Fsp3) is 0.231. The fourth-order valence-corrected chi connectivity index (χ4v) is 1.93. The Morgan fingerprint density at radius 3 is 2.63 bits per heavy atom. The second-order valence-corrected chi connectivity index (χ2v) is 3.93. The van der Waals surface area contributed by atoms with Gasteiger partial charge in [-0.05, 0) is 0 Å². The largest absolute Gasteiger partial charge is 0.497 e. The van der Waals surface area contributed by atoms with Crippen LogP contribution in [-0.2, 0) is 11.3 Å². The van der Waals surface area contributed by atoms with Crippen LogP contribution in [0.4, 0.5) is 0 Å². The van der Waals surface area contributed by atoms with Crippen LogP contribution in [0.2, 0.25) is 0 Å². The maximum absolute atomic E-state index is 11.9. The van der Waals surface area contributed by atoms with Gasteiger partial charge in [0.2, 0.25) is 0 Å². The average Bonchev–Trinajstić information content (AvgIpc) is 2.40. The average molecular weight is 263 g/mol. The quantitative estimate of drug-likeness (QED) is 0.893. The van der Waals surface area contributed by atoms with Gasteiger partial charge >= 0.3 is 5.97 Å². The number of hydrogen-bond acceptors (Lipinski definition) is 4. The van der Waals surface area contributed by atoms with Crippen molar-refractivity contribution in [2.24, 2.45) is 0 Å². The van der Waals surface area contributed by atoms with Crippen LogP contribution < -0.4 is 14.9 Å². The van der Waals surface area contributed by atoms with Crippen molar-refractivity contribution >= 4 is 16.9 Å². The first-order valence-electron chi connectivity index (χ1n) is 5.53. The third kappa shape index (κ3) is 2.37. The maximum atomic E-state index is 11.9. The topological polar surface area (TPSA) is 77.8 Å². The number of pyridine rings is 1. The van der Waals surface area contributed by atoms with E-state index in [-0.39, 0.29) is 12.0 Å². The SMILES string of the molecule is COc1cc(OC)c2c(=O)ccn(CC(=O)O)c2c1. The van der Waals surface area contributed by atoms with Gasteiger partial charge in [-0.25, -0.2) is 0 Å². The van der Waals surface area contributed by atoms with Gasteiger partial charge < -0.3 is 19.1 Å². The molecular formula is C13H13NO5. The van der Waals surface area contributed by atoms with E-state index in [1.807, 2.05) is 0 Å². The molecule has 0 amide bonds. The summed E-state index contributed by atoms with van der Waals surface area (Å²) < 4.78 is 11.8. The molecule has 2 rings (SSSR count). The predicted molar refractivity (Wildman–Crippen MR) is 68.9 cm³/mol. The highest BCUT2D eigenvalue weighted by Gasteiger charge is 2.12. The van der Waals surface area contributed by atoms with Crippen LogP contribution in [0.1, 0.15) is 0 Å². The van der Waals surface area contributed by atoms with Crippen LogP contribution in [-0.4, -0.2) is 29.9 Å². The summed E-state index contributed by atoms with van der Waals surface area (Å²) in [7, 11) is 2.94. The maximum Gasteiger partial charge on any atom is 0.323 e. The van der Waals surface area contributed by atoms with Crippen LogP contribution in [0.5, 0.6) is 11.5 Å². The molecule has 0 aliphatic heterocycles. The van der Waals surface area contributed by atoms with Gasteiger partial charge in [-0.15, -0.1) is 0 Å². The van der Waals surface area contributed by atoms with E-state index in [2.05, 4.69) is 0 Å². The number of methoxy groups -OCH3 is 2. The number of hydrogen-bond donors (Lipinski definition) is 1. The fourth-order valence-electron chi connectivity index (χ4n) is 1.93. The Morgan fingerprint density at radius 1 is 1.32 bits per heavy atom. The van der Waals surface area contributed by atoms with E-state index in [1.165, 1.54) is 31.0 Å². The predicted octanol–water partition coefficient (Wildman–Crippen LogP) is 1.10. The van der Waals surface area contributed by atoms with Gasteiger partial charge in [0.1, 0.15) is 18.0 Å². The Balaban J connectivity index is 2.83. The van der Waals surface area contributed by atoms with Crippen molar-refractivity contribution in [2.75, 3.05) is 14.2 Å². The molecule has 1 aromatic carbocycles. The molecule has 0 radical (unpaired) electrons. The van der Waals surface area contributed by atoms with Crippen molar-refractivity contribution in [2.45, 2.75) is 6.54 Å². The van der Waals surface area contributed by atoms with Crippen LogP contribution >= 0.6 is 0 Å². The molecule has 1 aromatic heterocycles. The molecular weight excluding hydrogens is 250 g/mol. The molecule has 0 aliphatic rings. The summed E-state index contributed by atoms with van der Waals surface area (Å²) in [5.41, 5.74) is 0.238. The molecule has 0 atom stereocenters. The molecule has 1 heterocycles. The zero-order valence-electron chi connectivity index (χ0n) is 10.5. The van der Waals surface area contributed by atoms with Gasteiger partial charge in [0.25, 0.3) is 0 Å². The minimum Gasteiger partial charge on any atom is -0.497 e. The lowest BCUT2D eigenvalue weighted by molar-refractivity contribution is -0.137. The summed E-state index contributed by atoms with van der Waals surface area (Å²) in [4.78, 5) is 22.8. The first-order valence-corrected chi connectivity index (χ1v) is 5.53. The number of rotatable bonds is 4. The molecule has 19 heavy (non-hydrogen) atoms. The Kier molecular flexibility index (Phi) is 3.41. The number of aromatic nitrogens is 1. The van der Waals surface area contributed by atoms with Crippen molar-refractivity contribution in [3.8, 4) is 11.5 Å². The second kappa shape index (κ2) is 5.01. The molecule has 1 N–H and O–H groups in total.